The summed E-state index contributed by atoms with van der Waals surface area (Å²) in [4.78, 5) is 34.4. The Balaban J connectivity index is 2.85. The zero-order chi connectivity index (χ0) is 15.8. The van der Waals surface area contributed by atoms with Crippen LogP contribution in [0.25, 0.3) is 0 Å². The van der Waals surface area contributed by atoms with Crippen molar-refractivity contribution in [2.24, 2.45) is 0 Å². The monoisotopic (exact) mass is 291 g/mol. The van der Waals surface area contributed by atoms with Crippen LogP contribution in [-0.4, -0.2) is 24.5 Å². The van der Waals surface area contributed by atoms with Gasteiger partial charge in [-0.25, -0.2) is 4.79 Å². The Morgan fingerprint density at radius 2 is 1.86 bits per heavy atom. The zero-order valence-corrected chi connectivity index (χ0v) is 12.1. The van der Waals surface area contributed by atoms with Crippen LogP contribution in [0.3, 0.4) is 0 Å². The molecule has 1 amide bonds. The minimum atomic E-state index is -0.538. The number of para-hydroxylation sites is 1. The van der Waals surface area contributed by atoms with Gasteiger partial charge in [-0.15, -0.1) is 0 Å². The fourth-order valence-electron chi connectivity index (χ4n) is 1.54. The van der Waals surface area contributed by atoms with E-state index in [0.29, 0.717) is 5.70 Å². The van der Waals surface area contributed by atoms with Gasteiger partial charge in [0.05, 0.1) is 12.2 Å². The van der Waals surface area contributed by atoms with Gasteiger partial charge in [0.15, 0.2) is 0 Å². The quantitative estimate of drug-likeness (QED) is 0.508. The van der Waals surface area contributed by atoms with Gasteiger partial charge in [0, 0.05) is 18.7 Å². The van der Waals surface area contributed by atoms with Gasteiger partial charge in [-0.2, -0.15) is 0 Å². The minimum absolute atomic E-state index is 0.159. The van der Waals surface area contributed by atoms with E-state index in [-0.39, 0.29) is 17.9 Å². The number of nitrogens with one attached hydrogen (secondary N) is 1. The molecule has 0 saturated heterocycles. The Labute approximate surface area is 122 Å². The van der Waals surface area contributed by atoms with Crippen LogP contribution in [0.2, 0.25) is 0 Å². The molecule has 0 bridgehead atoms. The Hall–Kier alpha value is -2.63. The highest BCUT2D eigenvalue weighted by Gasteiger charge is 2.14. The number of rotatable bonds is 5. The first-order valence-corrected chi connectivity index (χ1v) is 6.38. The Morgan fingerprint density at radius 3 is 2.48 bits per heavy atom. The van der Waals surface area contributed by atoms with Crippen molar-refractivity contribution >= 4 is 17.8 Å². The molecule has 6 heteroatoms. The first-order valence-electron chi connectivity index (χ1n) is 6.38. The highest BCUT2D eigenvalue weighted by atomic mass is 16.5. The predicted octanol–water partition coefficient (Wildman–Crippen LogP) is 1.81. The van der Waals surface area contributed by atoms with Crippen molar-refractivity contribution in [3.8, 4) is 5.75 Å². The van der Waals surface area contributed by atoms with Crippen LogP contribution < -0.4 is 10.1 Å². The average Bonchev–Trinajstić information content (AvgIpc) is 2.38. The van der Waals surface area contributed by atoms with E-state index in [0.717, 1.165) is 0 Å². The number of hydrogen-bond donors (Lipinski definition) is 1. The lowest BCUT2D eigenvalue weighted by Gasteiger charge is -2.09. The summed E-state index contributed by atoms with van der Waals surface area (Å²) in [5, 5.41) is 2.53. The number of carbonyl (C=O) groups excluding carboxylic acids is 3. The maximum atomic E-state index is 12.1. The first kappa shape index (κ1) is 16.4. The van der Waals surface area contributed by atoms with Crippen molar-refractivity contribution in [1.82, 2.24) is 5.32 Å². The molecule has 0 atom stereocenters. The fraction of sp³-hybridized carbons (Fsp3) is 0.267. The summed E-state index contributed by atoms with van der Waals surface area (Å²) in [5.41, 5.74) is 0.528. The summed E-state index contributed by atoms with van der Waals surface area (Å²) in [6.07, 6.45) is 1.18. The summed E-state index contributed by atoms with van der Waals surface area (Å²) in [5.74, 6) is -1.38. The van der Waals surface area contributed by atoms with Gasteiger partial charge in [-0.3, -0.25) is 9.59 Å². The van der Waals surface area contributed by atoms with Crippen LogP contribution in [0, 0.1) is 0 Å². The topological polar surface area (TPSA) is 81.7 Å². The van der Waals surface area contributed by atoms with Gasteiger partial charge in [0.1, 0.15) is 5.75 Å². The smallest absolute Gasteiger partial charge is 0.332 e. The third-order valence-corrected chi connectivity index (χ3v) is 2.32. The summed E-state index contributed by atoms with van der Waals surface area (Å²) < 4.78 is 9.70. The van der Waals surface area contributed by atoms with E-state index in [1.807, 2.05) is 0 Å². The summed E-state index contributed by atoms with van der Waals surface area (Å²) in [6, 6.07) is 6.33. The molecule has 0 spiro atoms. The third kappa shape index (κ3) is 5.48. The van der Waals surface area contributed by atoms with E-state index in [2.05, 4.69) is 5.32 Å². The molecule has 0 aliphatic rings. The lowest BCUT2D eigenvalue weighted by atomic mass is 10.2. The van der Waals surface area contributed by atoms with Crippen LogP contribution in [0.4, 0.5) is 0 Å². The summed E-state index contributed by atoms with van der Waals surface area (Å²) in [6.45, 7) is 4.75. The zero-order valence-electron chi connectivity index (χ0n) is 12.1. The Kier molecular flexibility index (Phi) is 6.13. The normalized spacial score (nSPS) is 10.7. The molecule has 0 aliphatic heterocycles. The van der Waals surface area contributed by atoms with E-state index in [9.17, 15) is 14.4 Å². The second-order valence-corrected chi connectivity index (χ2v) is 4.12. The Bertz CT molecular complexity index is 577. The number of allylic oxidation sites excluding steroid dienone is 1. The van der Waals surface area contributed by atoms with Gasteiger partial charge in [0.25, 0.3) is 5.91 Å². The number of ether oxygens (including phenoxy) is 2. The van der Waals surface area contributed by atoms with Crippen molar-refractivity contribution < 1.29 is 23.9 Å². The number of carbonyl (C=O) groups is 3. The van der Waals surface area contributed by atoms with E-state index >= 15 is 0 Å². The molecule has 6 nitrogen and oxygen atoms in total. The molecule has 1 aromatic carbocycles. The van der Waals surface area contributed by atoms with E-state index in [1.165, 1.54) is 25.1 Å². The largest absolute Gasteiger partial charge is 0.463 e. The highest BCUT2D eigenvalue weighted by Crippen LogP contribution is 2.18. The molecule has 0 saturated carbocycles. The predicted molar refractivity (Wildman–Crippen MR) is 75.6 cm³/mol. The molecule has 21 heavy (non-hydrogen) atoms. The molecule has 0 aromatic heterocycles. The molecule has 1 N–H and O–H groups in total. The maximum absolute atomic E-state index is 12.1. The van der Waals surface area contributed by atoms with Gasteiger partial charge in [0.2, 0.25) is 0 Å². The fourth-order valence-corrected chi connectivity index (χ4v) is 1.54. The summed E-state index contributed by atoms with van der Waals surface area (Å²) in [7, 11) is 0. The highest BCUT2D eigenvalue weighted by molar-refractivity contribution is 5.99. The lowest BCUT2D eigenvalue weighted by Crippen LogP contribution is -2.23. The van der Waals surface area contributed by atoms with Crippen molar-refractivity contribution in [3.63, 3.8) is 0 Å². The van der Waals surface area contributed by atoms with Crippen molar-refractivity contribution in [2.75, 3.05) is 6.61 Å². The minimum Gasteiger partial charge on any atom is -0.463 e. The molecule has 0 fully saturated rings. The van der Waals surface area contributed by atoms with Crippen molar-refractivity contribution in [3.05, 3.63) is 41.6 Å². The van der Waals surface area contributed by atoms with E-state index in [1.54, 1.807) is 26.0 Å². The molecule has 0 unspecified atom stereocenters. The molecular weight excluding hydrogens is 274 g/mol. The van der Waals surface area contributed by atoms with E-state index < -0.39 is 17.8 Å². The van der Waals surface area contributed by atoms with Crippen LogP contribution in [-0.2, 0) is 14.3 Å². The second-order valence-electron chi connectivity index (χ2n) is 4.12. The first-order chi connectivity index (χ1) is 9.93. The number of amides is 1. The van der Waals surface area contributed by atoms with Crippen LogP contribution >= 0.6 is 0 Å². The number of benzene rings is 1. The SMILES string of the molecule is CCOC(=O)/C=C(\C)NC(=O)c1ccccc1OC(C)=O. The van der Waals surface area contributed by atoms with Gasteiger partial charge in [-0.1, -0.05) is 12.1 Å². The van der Waals surface area contributed by atoms with Crippen molar-refractivity contribution in [1.29, 1.82) is 0 Å². The van der Waals surface area contributed by atoms with Gasteiger partial charge >= 0.3 is 11.9 Å². The van der Waals surface area contributed by atoms with E-state index in [4.69, 9.17) is 9.47 Å². The van der Waals surface area contributed by atoms with Gasteiger partial charge < -0.3 is 14.8 Å². The van der Waals surface area contributed by atoms with Crippen LogP contribution in [0.5, 0.6) is 5.75 Å². The lowest BCUT2D eigenvalue weighted by molar-refractivity contribution is -0.137. The molecule has 1 aromatic rings. The number of hydrogen-bond acceptors (Lipinski definition) is 5. The molecular formula is C15H17NO5. The van der Waals surface area contributed by atoms with Gasteiger partial charge in [-0.05, 0) is 26.0 Å². The average molecular weight is 291 g/mol. The molecule has 1 rings (SSSR count). The molecule has 112 valence electrons. The molecule has 0 radical (unpaired) electrons. The van der Waals surface area contributed by atoms with Crippen molar-refractivity contribution in [2.45, 2.75) is 20.8 Å². The Morgan fingerprint density at radius 1 is 1.19 bits per heavy atom. The van der Waals surface area contributed by atoms with Crippen LogP contribution in [0.1, 0.15) is 31.1 Å². The second kappa shape index (κ2) is 7.84. The maximum Gasteiger partial charge on any atom is 0.332 e. The third-order valence-electron chi connectivity index (χ3n) is 2.32. The molecule has 0 aliphatic carbocycles. The summed E-state index contributed by atoms with van der Waals surface area (Å²) >= 11 is 0. The van der Waals surface area contributed by atoms with Crippen LogP contribution in [0.15, 0.2) is 36.0 Å². The molecule has 0 heterocycles. The standard InChI is InChI=1S/C15H17NO5/c1-4-20-14(18)9-10(2)16-15(19)12-7-5-6-8-13(12)21-11(3)17/h5-9H,4H2,1-3H3,(H,16,19)/b10-9+. The number of esters is 2.